The Morgan fingerprint density at radius 3 is 2.74 bits per heavy atom. The van der Waals surface area contributed by atoms with E-state index in [1.165, 1.54) is 0 Å². The van der Waals surface area contributed by atoms with Crippen LogP contribution in [0.15, 0.2) is 35.0 Å². The molecule has 0 spiro atoms. The van der Waals surface area contributed by atoms with Crippen LogP contribution in [0, 0.1) is 0 Å². The molecule has 0 aliphatic rings. The maximum atomic E-state index is 5.65. The van der Waals surface area contributed by atoms with Crippen LogP contribution in [0.5, 0.6) is 0 Å². The lowest BCUT2D eigenvalue weighted by Gasteiger charge is -1.99. The average molecular weight is 319 g/mol. The topological polar surface area (TPSA) is 64.7 Å². The molecule has 0 saturated carbocycles. The van der Waals surface area contributed by atoms with Crippen LogP contribution in [0.1, 0.15) is 24.1 Å². The van der Waals surface area contributed by atoms with Crippen molar-refractivity contribution in [2.45, 2.75) is 18.2 Å². The zero-order valence-electron chi connectivity index (χ0n) is 10.2. The second-order valence-electron chi connectivity index (χ2n) is 4.08. The van der Waals surface area contributed by atoms with Gasteiger partial charge in [0.05, 0.1) is 15.9 Å². The van der Waals surface area contributed by atoms with Gasteiger partial charge in [-0.1, -0.05) is 22.9 Å². The summed E-state index contributed by atoms with van der Waals surface area (Å²) in [6.45, 7) is 2.05. The van der Waals surface area contributed by atoms with E-state index >= 15 is 0 Å². The summed E-state index contributed by atoms with van der Waals surface area (Å²) in [4.78, 5) is 8.58. The van der Waals surface area contributed by atoms with Crippen molar-refractivity contribution in [3.05, 3.63) is 36.5 Å². The summed E-state index contributed by atoms with van der Waals surface area (Å²) in [5, 5.41) is 8.11. The first-order valence-corrected chi connectivity index (χ1v) is 6.88. The van der Waals surface area contributed by atoms with E-state index in [0.29, 0.717) is 11.8 Å². The summed E-state index contributed by atoms with van der Waals surface area (Å²) < 4.78 is 5.65. The fourth-order valence-electron chi connectivity index (χ4n) is 1.75. The fraction of sp³-hybridized carbons (Fsp3) is 0.231. The number of benzene rings is 1. The van der Waals surface area contributed by atoms with Gasteiger partial charge in [-0.2, -0.15) is 0 Å². The molecule has 19 heavy (non-hydrogen) atoms. The Morgan fingerprint density at radius 2 is 1.95 bits per heavy atom. The Kier molecular flexibility index (Phi) is 3.25. The molecule has 6 heteroatoms. The highest BCUT2D eigenvalue weighted by atomic mass is 79.9. The molecule has 0 saturated heterocycles. The fourth-order valence-corrected chi connectivity index (χ4v) is 1.93. The number of alkyl halides is 1. The molecule has 2 heterocycles. The molecule has 3 rings (SSSR count). The van der Waals surface area contributed by atoms with Gasteiger partial charge in [0, 0.05) is 18.0 Å². The molecule has 1 unspecified atom stereocenters. The third-order valence-electron chi connectivity index (χ3n) is 2.78. The summed E-state index contributed by atoms with van der Waals surface area (Å²) in [6.07, 6.45) is 4.23. The van der Waals surface area contributed by atoms with Gasteiger partial charge in [-0.25, -0.2) is 0 Å². The van der Waals surface area contributed by atoms with Crippen molar-refractivity contribution >= 4 is 27.0 Å². The van der Waals surface area contributed by atoms with Crippen molar-refractivity contribution in [3.8, 4) is 11.5 Å². The predicted molar refractivity (Wildman–Crippen MR) is 74.8 cm³/mol. The second kappa shape index (κ2) is 5.05. The van der Waals surface area contributed by atoms with Gasteiger partial charge in [-0.05, 0) is 24.6 Å². The Hall–Kier alpha value is -1.82. The number of rotatable bonds is 3. The Bertz CT molecular complexity index is 712. The largest absolute Gasteiger partial charge is 0.419 e. The van der Waals surface area contributed by atoms with Crippen LogP contribution in [-0.4, -0.2) is 20.2 Å². The lowest BCUT2D eigenvalue weighted by atomic mass is 10.2. The van der Waals surface area contributed by atoms with E-state index < -0.39 is 0 Å². The minimum Gasteiger partial charge on any atom is -0.419 e. The van der Waals surface area contributed by atoms with Gasteiger partial charge in [0.25, 0.3) is 0 Å². The number of hydrogen-bond acceptors (Lipinski definition) is 5. The van der Waals surface area contributed by atoms with Crippen LogP contribution in [-0.2, 0) is 0 Å². The summed E-state index contributed by atoms with van der Waals surface area (Å²) in [5.74, 6) is 1.09. The van der Waals surface area contributed by atoms with E-state index in [-0.39, 0.29) is 4.83 Å². The quantitative estimate of drug-likeness (QED) is 0.691. The molecule has 0 fully saturated rings. The monoisotopic (exact) mass is 318 g/mol. The molecule has 1 atom stereocenters. The van der Waals surface area contributed by atoms with Crippen LogP contribution in [0.25, 0.3) is 22.5 Å². The van der Waals surface area contributed by atoms with Crippen LogP contribution >= 0.6 is 15.9 Å². The highest BCUT2D eigenvalue weighted by molar-refractivity contribution is 9.09. The van der Waals surface area contributed by atoms with E-state index in [0.717, 1.165) is 23.0 Å². The lowest BCUT2D eigenvalue weighted by molar-refractivity contribution is 0.500. The van der Waals surface area contributed by atoms with E-state index in [2.05, 4.69) is 43.0 Å². The zero-order chi connectivity index (χ0) is 13.2. The maximum Gasteiger partial charge on any atom is 0.247 e. The lowest BCUT2D eigenvalue weighted by Crippen LogP contribution is -1.86. The van der Waals surface area contributed by atoms with E-state index in [4.69, 9.17) is 4.42 Å². The minimum atomic E-state index is 0.0917. The van der Waals surface area contributed by atoms with Gasteiger partial charge in [0.1, 0.15) is 0 Å². The van der Waals surface area contributed by atoms with Gasteiger partial charge in [0.2, 0.25) is 11.8 Å². The molecule has 3 aromatic rings. The highest BCUT2D eigenvalue weighted by Gasteiger charge is 2.15. The molecule has 2 aromatic heterocycles. The third kappa shape index (κ3) is 2.35. The van der Waals surface area contributed by atoms with E-state index in [1.54, 1.807) is 12.4 Å². The molecular formula is C13H11BrN4O. The number of halogens is 1. The van der Waals surface area contributed by atoms with Crippen molar-refractivity contribution in [1.82, 2.24) is 20.2 Å². The molecule has 0 radical (unpaired) electrons. The SMILES string of the molecule is CCC(Br)c1nnc(-c2ccc3nccnc3c2)o1. The number of hydrogen-bond donors (Lipinski definition) is 0. The van der Waals surface area contributed by atoms with Gasteiger partial charge < -0.3 is 4.42 Å². The summed E-state index contributed by atoms with van der Waals surface area (Å²) in [7, 11) is 0. The molecule has 96 valence electrons. The van der Waals surface area contributed by atoms with Crippen LogP contribution in [0.4, 0.5) is 0 Å². The molecule has 5 nitrogen and oxygen atoms in total. The number of nitrogens with zero attached hydrogens (tertiary/aromatic N) is 4. The smallest absolute Gasteiger partial charge is 0.247 e. The highest BCUT2D eigenvalue weighted by Crippen LogP contribution is 2.28. The van der Waals surface area contributed by atoms with E-state index in [9.17, 15) is 0 Å². The molecule has 0 aliphatic heterocycles. The third-order valence-corrected chi connectivity index (χ3v) is 3.82. The maximum absolute atomic E-state index is 5.65. The van der Waals surface area contributed by atoms with Gasteiger partial charge in [0.15, 0.2) is 0 Å². The van der Waals surface area contributed by atoms with Gasteiger partial charge >= 0.3 is 0 Å². The van der Waals surface area contributed by atoms with Crippen molar-refractivity contribution in [3.63, 3.8) is 0 Å². The summed E-state index contributed by atoms with van der Waals surface area (Å²) in [6, 6.07) is 5.70. The van der Waals surface area contributed by atoms with Crippen molar-refractivity contribution in [1.29, 1.82) is 0 Å². The first kappa shape index (κ1) is 12.2. The predicted octanol–water partition coefficient (Wildman–Crippen LogP) is 3.53. The Labute approximate surface area is 118 Å². The standard InChI is InChI=1S/C13H11BrN4O/c1-2-9(14)13-18-17-12(19-13)8-3-4-10-11(7-8)16-6-5-15-10/h3-7,9H,2H2,1H3. The van der Waals surface area contributed by atoms with E-state index in [1.807, 2.05) is 18.2 Å². The molecule has 0 N–H and O–H groups in total. The van der Waals surface area contributed by atoms with Crippen LogP contribution < -0.4 is 0 Å². The van der Waals surface area contributed by atoms with Crippen molar-refractivity contribution < 1.29 is 4.42 Å². The zero-order valence-corrected chi connectivity index (χ0v) is 11.8. The van der Waals surface area contributed by atoms with Gasteiger partial charge in [-0.15, -0.1) is 10.2 Å². The molecule has 0 aliphatic carbocycles. The Morgan fingerprint density at radius 1 is 1.16 bits per heavy atom. The summed E-state index contributed by atoms with van der Waals surface area (Å²) >= 11 is 3.49. The average Bonchev–Trinajstić information content (AvgIpc) is 2.95. The Balaban J connectivity index is 2.01. The minimum absolute atomic E-state index is 0.0917. The second-order valence-corrected chi connectivity index (χ2v) is 5.19. The van der Waals surface area contributed by atoms with Crippen LogP contribution in [0.2, 0.25) is 0 Å². The first-order valence-electron chi connectivity index (χ1n) is 5.96. The van der Waals surface area contributed by atoms with Crippen LogP contribution in [0.3, 0.4) is 0 Å². The van der Waals surface area contributed by atoms with Gasteiger partial charge in [-0.3, -0.25) is 9.97 Å². The number of aromatic nitrogens is 4. The molecule has 0 amide bonds. The molecule has 0 bridgehead atoms. The van der Waals surface area contributed by atoms with Crippen molar-refractivity contribution in [2.75, 3.05) is 0 Å². The number of fused-ring (bicyclic) bond motifs is 1. The van der Waals surface area contributed by atoms with Crippen molar-refractivity contribution in [2.24, 2.45) is 0 Å². The molecule has 1 aromatic carbocycles. The molecular weight excluding hydrogens is 308 g/mol. The summed E-state index contributed by atoms with van der Waals surface area (Å²) in [5.41, 5.74) is 2.51. The normalized spacial score (nSPS) is 12.7. The first-order chi connectivity index (χ1) is 9.28.